The molecule has 0 fully saturated rings. The van der Waals surface area contributed by atoms with E-state index in [4.69, 9.17) is 0 Å². The molecule has 0 amide bonds. The SMILES string of the molecule is CCC(CC)N(CC(C)C)c1cc(C(=O)O)cc(C)n1. The van der Waals surface area contributed by atoms with Crippen molar-refractivity contribution < 1.29 is 9.90 Å². The Bertz CT molecular complexity index is 454. The number of aryl methyl sites for hydroxylation is 1. The second kappa shape index (κ2) is 7.27. The van der Waals surface area contributed by atoms with Crippen LogP contribution in [0.2, 0.25) is 0 Å². The summed E-state index contributed by atoms with van der Waals surface area (Å²) >= 11 is 0. The summed E-state index contributed by atoms with van der Waals surface area (Å²) in [5.74, 6) is 0.391. The summed E-state index contributed by atoms with van der Waals surface area (Å²) in [5, 5.41) is 9.20. The molecule has 0 aliphatic carbocycles. The van der Waals surface area contributed by atoms with Crippen LogP contribution < -0.4 is 4.90 Å². The maximum absolute atomic E-state index is 11.2. The Balaban J connectivity index is 3.21. The zero-order valence-electron chi connectivity index (χ0n) is 13.2. The maximum Gasteiger partial charge on any atom is 0.335 e. The Kier molecular flexibility index (Phi) is 5.99. The van der Waals surface area contributed by atoms with Gasteiger partial charge < -0.3 is 10.0 Å². The Morgan fingerprint density at radius 1 is 1.30 bits per heavy atom. The molecule has 0 aliphatic rings. The molecule has 0 saturated carbocycles. The van der Waals surface area contributed by atoms with Gasteiger partial charge in [0.1, 0.15) is 5.82 Å². The zero-order chi connectivity index (χ0) is 15.3. The molecule has 1 N–H and O–H groups in total. The largest absolute Gasteiger partial charge is 0.478 e. The summed E-state index contributed by atoms with van der Waals surface area (Å²) in [7, 11) is 0. The average Bonchev–Trinajstić information content (AvgIpc) is 2.37. The van der Waals surface area contributed by atoms with E-state index >= 15 is 0 Å². The van der Waals surface area contributed by atoms with E-state index in [1.807, 2.05) is 6.92 Å². The first-order chi connectivity index (χ1) is 9.38. The fraction of sp³-hybridized carbons (Fsp3) is 0.625. The molecule has 0 aromatic carbocycles. The van der Waals surface area contributed by atoms with E-state index in [9.17, 15) is 9.90 Å². The van der Waals surface area contributed by atoms with E-state index in [2.05, 4.69) is 37.6 Å². The van der Waals surface area contributed by atoms with Gasteiger partial charge in [0.2, 0.25) is 0 Å². The molecule has 1 rings (SSSR count). The van der Waals surface area contributed by atoms with Gasteiger partial charge in [-0.1, -0.05) is 27.7 Å². The van der Waals surface area contributed by atoms with E-state index in [1.54, 1.807) is 12.1 Å². The fourth-order valence-corrected chi connectivity index (χ4v) is 2.47. The van der Waals surface area contributed by atoms with Crippen LogP contribution in [0.5, 0.6) is 0 Å². The molecule has 4 nitrogen and oxygen atoms in total. The molecule has 0 atom stereocenters. The van der Waals surface area contributed by atoms with E-state index in [0.29, 0.717) is 17.5 Å². The monoisotopic (exact) mass is 278 g/mol. The third-order valence-electron chi connectivity index (χ3n) is 3.43. The summed E-state index contributed by atoms with van der Waals surface area (Å²) in [6, 6.07) is 3.70. The maximum atomic E-state index is 11.2. The number of anilines is 1. The summed E-state index contributed by atoms with van der Waals surface area (Å²) < 4.78 is 0. The summed E-state index contributed by atoms with van der Waals surface area (Å²) in [6.45, 7) is 11.4. The second-order valence-electron chi connectivity index (χ2n) is 5.68. The van der Waals surface area contributed by atoms with E-state index in [-0.39, 0.29) is 0 Å². The minimum atomic E-state index is -0.897. The van der Waals surface area contributed by atoms with Crippen LogP contribution >= 0.6 is 0 Å². The molecule has 0 saturated heterocycles. The molecule has 20 heavy (non-hydrogen) atoms. The summed E-state index contributed by atoms with van der Waals surface area (Å²) in [6.07, 6.45) is 2.06. The van der Waals surface area contributed by atoms with Gasteiger partial charge in [0, 0.05) is 18.3 Å². The van der Waals surface area contributed by atoms with Crippen LogP contribution in [0.1, 0.15) is 56.6 Å². The highest BCUT2D eigenvalue weighted by Gasteiger charge is 2.19. The molecule has 4 heteroatoms. The molecular formula is C16H26N2O2. The van der Waals surface area contributed by atoms with Crippen molar-refractivity contribution in [1.29, 1.82) is 0 Å². The van der Waals surface area contributed by atoms with Crippen molar-refractivity contribution in [2.45, 2.75) is 53.5 Å². The third-order valence-corrected chi connectivity index (χ3v) is 3.43. The number of aromatic nitrogens is 1. The minimum Gasteiger partial charge on any atom is -0.478 e. The lowest BCUT2D eigenvalue weighted by Gasteiger charge is -2.33. The fourth-order valence-electron chi connectivity index (χ4n) is 2.47. The Morgan fingerprint density at radius 3 is 2.35 bits per heavy atom. The molecule has 0 aliphatic heterocycles. The quantitative estimate of drug-likeness (QED) is 0.825. The van der Waals surface area contributed by atoms with Crippen molar-refractivity contribution >= 4 is 11.8 Å². The molecular weight excluding hydrogens is 252 g/mol. The van der Waals surface area contributed by atoms with Crippen LogP contribution in [-0.4, -0.2) is 28.6 Å². The molecule has 1 aromatic heterocycles. The van der Waals surface area contributed by atoms with Crippen molar-refractivity contribution in [2.75, 3.05) is 11.4 Å². The van der Waals surface area contributed by atoms with E-state index in [0.717, 1.165) is 30.9 Å². The highest BCUT2D eigenvalue weighted by atomic mass is 16.4. The normalized spacial score (nSPS) is 11.2. The number of carboxylic acids is 1. The number of hydrogen-bond acceptors (Lipinski definition) is 3. The summed E-state index contributed by atoms with van der Waals surface area (Å²) in [4.78, 5) is 18.0. The molecule has 0 radical (unpaired) electrons. The van der Waals surface area contributed by atoms with Crippen molar-refractivity contribution in [3.05, 3.63) is 23.4 Å². The van der Waals surface area contributed by atoms with Gasteiger partial charge in [0.25, 0.3) is 0 Å². The highest BCUT2D eigenvalue weighted by molar-refractivity contribution is 5.88. The molecule has 0 unspecified atom stereocenters. The van der Waals surface area contributed by atoms with Crippen LogP contribution in [0.25, 0.3) is 0 Å². The van der Waals surface area contributed by atoms with Gasteiger partial charge in [-0.15, -0.1) is 0 Å². The number of nitrogens with zero attached hydrogens (tertiary/aromatic N) is 2. The summed E-state index contributed by atoms with van der Waals surface area (Å²) in [5.41, 5.74) is 1.06. The number of rotatable bonds is 7. The second-order valence-corrected chi connectivity index (χ2v) is 5.68. The van der Waals surface area contributed by atoms with Crippen molar-refractivity contribution in [3.8, 4) is 0 Å². The van der Waals surface area contributed by atoms with Crippen LogP contribution in [-0.2, 0) is 0 Å². The number of carbonyl (C=O) groups is 1. The van der Waals surface area contributed by atoms with Gasteiger partial charge in [-0.05, 0) is 37.8 Å². The smallest absolute Gasteiger partial charge is 0.335 e. The third kappa shape index (κ3) is 4.22. The first kappa shape index (κ1) is 16.5. The van der Waals surface area contributed by atoms with Crippen molar-refractivity contribution in [2.24, 2.45) is 5.92 Å². The molecule has 112 valence electrons. The lowest BCUT2D eigenvalue weighted by atomic mass is 10.1. The van der Waals surface area contributed by atoms with Crippen LogP contribution in [0, 0.1) is 12.8 Å². The Labute approximate surface area is 121 Å². The van der Waals surface area contributed by atoms with Crippen LogP contribution in [0.4, 0.5) is 5.82 Å². The van der Waals surface area contributed by atoms with Gasteiger partial charge >= 0.3 is 5.97 Å². The predicted molar refractivity (Wildman–Crippen MR) is 82.5 cm³/mol. The average molecular weight is 278 g/mol. The Morgan fingerprint density at radius 2 is 1.90 bits per heavy atom. The molecule has 0 bridgehead atoms. The molecule has 1 heterocycles. The van der Waals surface area contributed by atoms with Crippen molar-refractivity contribution in [1.82, 2.24) is 4.98 Å². The zero-order valence-corrected chi connectivity index (χ0v) is 13.2. The Hall–Kier alpha value is -1.58. The molecule has 0 spiro atoms. The van der Waals surface area contributed by atoms with Gasteiger partial charge in [-0.2, -0.15) is 0 Å². The first-order valence-electron chi connectivity index (χ1n) is 7.37. The van der Waals surface area contributed by atoms with Gasteiger partial charge in [-0.25, -0.2) is 9.78 Å². The standard InChI is InChI=1S/C16H26N2O2/c1-6-14(7-2)18(10-11(3)4)15-9-13(16(19)20)8-12(5)17-15/h8-9,11,14H,6-7,10H2,1-5H3,(H,19,20). The number of carboxylic acid groups (broad SMARTS) is 1. The van der Waals surface area contributed by atoms with Gasteiger partial charge in [0.15, 0.2) is 0 Å². The van der Waals surface area contributed by atoms with E-state index < -0.39 is 5.97 Å². The van der Waals surface area contributed by atoms with Crippen LogP contribution in [0.15, 0.2) is 12.1 Å². The van der Waals surface area contributed by atoms with Gasteiger partial charge in [0.05, 0.1) is 5.56 Å². The van der Waals surface area contributed by atoms with E-state index in [1.165, 1.54) is 0 Å². The number of hydrogen-bond donors (Lipinski definition) is 1. The number of aromatic carboxylic acids is 1. The lowest BCUT2D eigenvalue weighted by Crippen LogP contribution is -2.38. The predicted octanol–water partition coefficient (Wildman–Crippen LogP) is 3.74. The van der Waals surface area contributed by atoms with Crippen molar-refractivity contribution in [3.63, 3.8) is 0 Å². The lowest BCUT2D eigenvalue weighted by molar-refractivity contribution is 0.0696. The van der Waals surface area contributed by atoms with Gasteiger partial charge in [-0.3, -0.25) is 0 Å². The van der Waals surface area contributed by atoms with Crippen LogP contribution in [0.3, 0.4) is 0 Å². The topological polar surface area (TPSA) is 53.4 Å². The number of pyridine rings is 1. The highest BCUT2D eigenvalue weighted by Crippen LogP contribution is 2.22. The minimum absolute atomic E-state index is 0.312. The first-order valence-corrected chi connectivity index (χ1v) is 7.37. The molecule has 1 aromatic rings.